The lowest BCUT2D eigenvalue weighted by Gasteiger charge is -2.36. The summed E-state index contributed by atoms with van der Waals surface area (Å²) >= 11 is 0. The van der Waals surface area contributed by atoms with E-state index in [-0.39, 0.29) is 5.82 Å². The zero-order valence-electron chi connectivity index (χ0n) is 13.0. The van der Waals surface area contributed by atoms with Gasteiger partial charge in [0.05, 0.1) is 0 Å². The first-order valence-corrected chi connectivity index (χ1v) is 7.79. The molecule has 0 radical (unpaired) electrons. The Morgan fingerprint density at radius 3 is 2.55 bits per heavy atom. The lowest BCUT2D eigenvalue weighted by molar-refractivity contribution is 0.159. The average molecular weight is 278 g/mol. The molecule has 1 heterocycles. The van der Waals surface area contributed by atoms with Gasteiger partial charge < -0.3 is 5.32 Å². The van der Waals surface area contributed by atoms with Crippen molar-refractivity contribution in [1.82, 2.24) is 10.2 Å². The number of nitrogens with zero attached hydrogens (tertiary/aromatic N) is 1. The maximum Gasteiger partial charge on any atom is 0.126 e. The Morgan fingerprint density at radius 2 is 1.90 bits per heavy atom. The van der Waals surface area contributed by atoms with Gasteiger partial charge in [-0.1, -0.05) is 26.0 Å². The van der Waals surface area contributed by atoms with Gasteiger partial charge in [0, 0.05) is 32.2 Å². The Hall–Kier alpha value is -0.930. The Kier molecular flexibility index (Phi) is 5.55. The summed E-state index contributed by atoms with van der Waals surface area (Å²) in [6.07, 6.45) is 2.30. The van der Waals surface area contributed by atoms with Gasteiger partial charge in [0.15, 0.2) is 0 Å². The lowest BCUT2D eigenvalue weighted by atomic mass is 9.92. The molecule has 0 aromatic heterocycles. The molecule has 0 amide bonds. The van der Waals surface area contributed by atoms with Crippen molar-refractivity contribution in [3.8, 4) is 0 Å². The summed E-state index contributed by atoms with van der Waals surface area (Å²) in [5.41, 5.74) is 1.99. The molecule has 0 bridgehead atoms. The summed E-state index contributed by atoms with van der Waals surface area (Å²) < 4.78 is 13.9. The summed E-state index contributed by atoms with van der Waals surface area (Å²) in [7, 11) is 0. The van der Waals surface area contributed by atoms with Gasteiger partial charge in [0.25, 0.3) is 0 Å². The topological polar surface area (TPSA) is 15.3 Å². The van der Waals surface area contributed by atoms with Gasteiger partial charge in [0.2, 0.25) is 0 Å². The van der Waals surface area contributed by atoms with Gasteiger partial charge in [-0.05, 0) is 42.9 Å². The van der Waals surface area contributed by atoms with E-state index in [1.165, 1.54) is 12.0 Å². The molecule has 1 fully saturated rings. The molecule has 0 aliphatic carbocycles. The number of hydrogen-bond donors (Lipinski definition) is 1. The van der Waals surface area contributed by atoms with Crippen LogP contribution in [0.1, 0.15) is 43.9 Å². The normalized spacial score (nSPS) is 18.4. The Bertz CT molecular complexity index is 425. The van der Waals surface area contributed by atoms with Crippen LogP contribution in [0.15, 0.2) is 18.2 Å². The SMILES string of the molecule is Cc1c(F)cccc1[C@@H](CCC(C)C)N1CCNCC1. The molecule has 1 N–H and O–H groups in total. The van der Waals surface area contributed by atoms with Crippen molar-refractivity contribution in [3.63, 3.8) is 0 Å². The number of piperazine rings is 1. The van der Waals surface area contributed by atoms with E-state index in [0.29, 0.717) is 12.0 Å². The molecule has 1 atom stereocenters. The minimum absolute atomic E-state index is 0.0767. The maximum absolute atomic E-state index is 13.9. The van der Waals surface area contributed by atoms with Crippen LogP contribution in [0.3, 0.4) is 0 Å². The summed E-state index contributed by atoms with van der Waals surface area (Å²) in [6.45, 7) is 10.6. The standard InChI is InChI=1S/C17H27FN2/c1-13(2)7-8-17(20-11-9-19-10-12-20)15-5-4-6-16(18)14(15)3/h4-6,13,17,19H,7-12H2,1-3H3/t17-/m1/s1. The first kappa shape index (κ1) is 15.5. The molecule has 1 aliphatic heterocycles. The third-order valence-electron chi connectivity index (χ3n) is 4.28. The molecular formula is C17H27FN2. The molecule has 0 saturated carbocycles. The molecule has 1 aliphatic rings. The molecule has 1 aromatic rings. The number of benzene rings is 1. The fourth-order valence-electron chi connectivity index (χ4n) is 3.00. The second-order valence-corrected chi connectivity index (χ2v) is 6.23. The molecule has 1 aromatic carbocycles. The molecule has 0 unspecified atom stereocenters. The van der Waals surface area contributed by atoms with E-state index in [0.717, 1.165) is 38.2 Å². The molecule has 112 valence electrons. The number of rotatable bonds is 5. The van der Waals surface area contributed by atoms with Gasteiger partial charge >= 0.3 is 0 Å². The van der Waals surface area contributed by atoms with Gasteiger partial charge in [-0.3, -0.25) is 4.90 Å². The van der Waals surface area contributed by atoms with Gasteiger partial charge in [-0.15, -0.1) is 0 Å². The van der Waals surface area contributed by atoms with Gasteiger partial charge in [-0.25, -0.2) is 4.39 Å². The highest BCUT2D eigenvalue weighted by Gasteiger charge is 2.24. The van der Waals surface area contributed by atoms with Crippen LogP contribution in [0.25, 0.3) is 0 Å². The lowest BCUT2D eigenvalue weighted by Crippen LogP contribution is -2.45. The number of hydrogen-bond acceptors (Lipinski definition) is 2. The minimum Gasteiger partial charge on any atom is -0.314 e. The third kappa shape index (κ3) is 3.80. The zero-order chi connectivity index (χ0) is 14.5. The fraction of sp³-hybridized carbons (Fsp3) is 0.647. The van der Waals surface area contributed by atoms with Crippen LogP contribution in [0.4, 0.5) is 4.39 Å². The zero-order valence-corrected chi connectivity index (χ0v) is 13.0. The van der Waals surface area contributed by atoms with E-state index in [1.807, 2.05) is 13.0 Å². The predicted octanol–water partition coefficient (Wildman–Crippen LogP) is 3.52. The molecule has 0 spiro atoms. The molecule has 2 nitrogen and oxygen atoms in total. The van der Waals surface area contributed by atoms with Crippen molar-refractivity contribution in [2.45, 2.75) is 39.7 Å². The maximum atomic E-state index is 13.9. The van der Waals surface area contributed by atoms with Crippen molar-refractivity contribution in [1.29, 1.82) is 0 Å². The second kappa shape index (κ2) is 7.19. The van der Waals surface area contributed by atoms with Gasteiger partial charge in [0.1, 0.15) is 5.82 Å². The van der Waals surface area contributed by atoms with E-state index in [2.05, 4.69) is 30.1 Å². The van der Waals surface area contributed by atoms with Crippen LogP contribution in [0.5, 0.6) is 0 Å². The van der Waals surface area contributed by atoms with Gasteiger partial charge in [-0.2, -0.15) is 0 Å². The third-order valence-corrected chi connectivity index (χ3v) is 4.28. The van der Waals surface area contributed by atoms with Crippen LogP contribution in [-0.4, -0.2) is 31.1 Å². The highest BCUT2D eigenvalue weighted by molar-refractivity contribution is 5.30. The second-order valence-electron chi connectivity index (χ2n) is 6.23. The molecule has 1 saturated heterocycles. The largest absolute Gasteiger partial charge is 0.314 e. The van der Waals surface area contributed by atoms with Crippen molar-refractivity contribution in [2.24, 2.45) is 5.92 Å². The summed E-state index contributed by atoms with van der Waals surface area (Å²) in [6, 6.07) is 5.87. The summed E-state index contributed by atoms with van der Waals surface area (Å²) in [5, 5.41) is 3.40. The van der Waals surface area contributed by atoms with Crippen LogP contribution in [0.2, 0.25) is 0 Å². The quantitative estimate of drug-likeness (QED) is 0.886. The van der Waals surface area contributed by atoms with E-state index >= 15 is 0 Å². The Balaban J connectivity index is 2.22. The van der Waals surface area contributed by atoms with Crippen molar-refractivity contribution in [2.75, 3.05) is 26.2 Å². The number of halogens is 1. The van der Waals surface area contributed by atoms with E-state index in [4.69, 9.17) is 0 Å². The first-order valence-electron chi connectivity index (χ1n) is 7.79. The van der Waals surface area contributed by atoms with Crippen molar-refractivity contribution in [3.05, 3.63) is 35.1 Å². The van der Waals surface area contributed by atoms with Crippen LogP contribution < -0.4 is 5.32 Å². The van der Waals surface area contributed by atoms with Crippen molar-refractivity contribution < 1.29 is 4.39 Å². The first-order chi connectivity index (χ1) is 9.59. The smallest absolute Gasteiger partial charge is 0.126 e. The highest BCUT2D eigenvalue weighted by Crippen LogP contribution is 2.30. The van der Waals surface area contributed by atoms with Crippen LogP contribution >= 0.6 is 0 Å². The fourth-order valence-corrected chi connectivity index (χ4v) is 3.00. The Morgan fingerprint density at radius 1 is 1.20 bits per heavy atom. The average Bonchev–Trinajstić information content (AvgIpc) is 2.44. The monoisotopic (exact) mass is 278 g/mol. The highest BCUT2D eigenvalue weighted by atomic mass is 19.1. The van der Waals surface area contributed by atoms with Crippen molar-refractivity contribution >= 4 is 0 Å². The van der Waals surface area contributed by atoms with E-state index < -0.39 is 0 Å². The molecule has 3 heteroatoms. The van der Waals surface area contributed by atoms with Crippen LogP contribution in [-0.2, 0) is 0 Å². The molecule has 2 rings (SSSR count). The van der Waals surface area contributed by atoms with E-state index in [1.54, 1.807) is 6.07 Å². The van der Waals surface area contributed by atoms with E-state index in [9.17, 15) is 4.39 Å². The minimum atomic E-state index is -0.0767. The number of nitrogens with one attached hydrogen (secondary N) is 1. The summed E-state index contributed by atoms with van der Waals surface area (Å²) in [4.78, 5) is 2.51. The molecule has 20 heavy (non-hydrogen) atoms. The predicted molar refractivity (Wildman–Crippen MR) is 82.4 cm³/mol. The summed E-state index contributed by atoms with van der Waals surface area (Å²) in [5.74, 6) is 0.612. The molecular weight excluding hydrogens is 251 g/mol. The van der Waals surface area contributed by atoms with Crippen LogP contribution in [0, 0.1) is 18.7 Å². The Labute approximate surface area is 122 Å².